The standard InChI is InChI=1S/C24H32N2O3/c1-8-19-20(11-10-12-21(19)29-9-2)22(27)25-26(24(5,6)7)23(28)18-14-16(3)13-17(4)15-18/h10-15H,8-9H2,1-7H3,(H,25,27). The highest BCUT2D eigenvalue weighted by Crippen LogP contribution is 2.24. The van der Waals surface area contributed by atoms with E-state index < -0.39 is 5.54 Å². The highest BCUT2D eigenvalue weighted by Gasteiger charge is 2.30. The third-order valence-electron chi connectivity index (χ3n) is 4.59. The summed E-state index contributed by atoms with van der Waals surface area (Å²) < 4.78 is 5.67. The zero-order valence-electron chi connectivity index (χ0n) is 18.6. The van der Waals surface area contributed by atoms with Crippen LogP contribution in [0.4, 0.5) is 0 Å². The van der Waals surface area contributed by atoms with Crippen molar-refractivity contribution in [2.45, 2.75) is 60.4 Å². The number of nitrogens with zero attached hydrogens (tertiary/aromatic N) is 1. The van der Waals surface area contributed by atoms with E-state index in [1.165, 1.54) is 5.01 Å². The molecule has 5 heteroatoms. The molecule has 2 amide bonds. The molecule has 0 heterocycles. The van der Waals surface area contributed by atoms with E-state index in [0.717, 1.165) is 16.7 Å². The van der Waals surface area contributed by atoms with Crippen molar-refractivity contribution in [3.63, 3.8) is 0 Å². The molecule has 5 nitrogen and oxygen atoms in total. The Morgan fingerprint density at radius 1 is 1.03 bits per heavy atom. The smallest absolute Gasteiger partial charge is 0.272 e. The summed E-state index contributed by atoms with van der Waals surface area (Å²) >= 11 is 0. The van der Waals surface area contributed by atoms with Gasteiger partial charge >= 0.3 is 0 Å². The number of nitrogens with one attached hydrogen (secondary N) is 1. The van der Waals surface area contributed by atoms with Gasteiger partial charge in [0.2, 0.25) is 0 Å². The Morgan fingerprint density at radius 2 is 1.66 bits per heavy atom. The zero-order valence-corrected chi connectivity index (χ0v) is 18.6. The molecule has 2 rings (SSSR count). The number of benzene rings is 2. The minimum Gasteiger partial charge on any atom is -0.494 e. The van der Waals surface area contributed by atoms with Gasteiger partial charge in [0.25, 0.3) is 11.8 Å². The van der Waals surface area contributed by atoms with Crippen molar-refractivity contribution in [2.24, 2.45) is 0 Å². The molecule has 0 aliphatic carbocycles. The zero-order chi connectivity index (χ0) is 21.8. The highest BCUT2D eigenvalue weighted by atomic mass is 16.5. The maximum atomic E-state index is 13.3. The summed E-state index contributed by atoms with van der Waals surface area (Å²) in [7, 11) is 0. The molecule has 0 atom stereocenters. The summed E-state index contributed by atoms with van der Waals surface area (Å²) in [5.74, 6) is 0.137. The predicted molar refractivity (Wildman–Crippen MR) is 116 cm³/mol. The molecule has 0 saturated heterocycles. The summed E-state index contributed by atoms with van der Waals surface area (Å²) in [6, 6.07) is 11.1. The monoisotopic (exact) mass is 396 g/mol. The number of ether oxygens (including phenoxy) is 1. The SMILES string of the molecule is CCOc1cccc(C(=O)NN(C(=O)c2cc(C)cc(C)c2)C(C)(C)C)c1CC. The first-order valence-electron chi connectivity index (χ1n) is 10.1. The van der Waals surface area contributed by atoms with E-state index in [2.05, 4.69) is 5.43 Å². The lowest BCUT2D eigenvalue weighted by atomic mass is 10.0. The quantitative estimate of drug-likeness (QED) is 0.735. The Kier molecular flexibility index (Phi) is 7.07. The second kappa shape index (κ2) is 9.12. The lowest BCUT2D eigenvalue weighted by Crippen LogP contribution is -2.56. The molecular formula is C24H32N2O3. The van der Waals surface area contributed by atoms with Gasteiger partial charge in [0.1, 0.15) is 5.75 Å². The van der Waals surface area contributed by atoms with Crippen molar-refractivity contribution >= 4 is 11.8 Å². The fourth-order valence-corrected chi connectivity index (χ4v) is 3.35. The van der Waals surface area contributed by atoms with Gasteiger partial charge in [0.15, 0.2) is 0 Å². The minimum atomic E-state index is -0.603. The van der Waals surface area contributed by atoms with Gasteiger partial charge in [0.05, 0.1) is 12.1 Å². The van der Waals surface area contributed by atoms with Crippen LogP contribution in [0.1, 0.15) is 72.0 Å². The molecule has 0 radical (unpaired) electrons. The van der Waals surface area contributed by atoms with Gasteiger partial charge in [-0.3, -0.25) is 15.0 Å². The molecule has 2 aromatic carbocycles. The van der Waals surface area contributed by atoms with Gasteiger partial charge < -0.3 is 4.74 Å². The molecule has 0 spiro atoms. The number of carbonyl (C=O) groups excluding carboxylic acids is 2. The summed E-state index contributed by atoms with van der Waals surface area (Å²) in [6.45, 7) is 14.0. The van der Waals surface area contributed by atoms with Crippen LogP contribution in [0.15, 0.2) is 36.4 Å². The number of hydrazine groups is 1. The lowest BCUT2D eigenvalue weighted by Gasteiger charge is -2.36. The molecule has 0 unspecified atom stereocenters. The molecule has 29 heavy (non-hydrogen) atoms. The molecular weight excluding hydrogens is 364 g/mol. The van der Waals surface area contributed by atoms with Crippen LogP contribution in [0.25, 0.3) is 0 Å². The van der Waals surface area contributed by atoms with Gasteiger partial charge in [-0.1, -0.05) is 30.2 Å². The van der Waals surface area contributed by atoms with Crippen molar-refractivity contribution in [1.29, 1.82) is 0 Å². The second-order valence-corrected chi connectivity index (χ2v) is 8.20. The van der Waals surface area contributed by atoms with Crippen LogP contribution in [0.5, 0.6) is 5.75 Å². The van der Waals surface area contributed by atoms with Crippen LogP contribution < -0.4 is 10.2 Å². The molecule has 0 aliphatic rings. The van der Waals surface area contributed by atoms with Crippen molar-refractivity contribution in [2.75, 3.05) is 6.61 Å². The minimum absolute atomic E-state index is 0.239. The fourth-order valence-electron chi connectivity index (χ4n) is 3.35. The first-order valence-corrected chi connectivity index (χ1v) is 10.1. The third kappa shape index (κ3) is 5.37. The first-order chi connectivity index (χ1) is 13.6. The molecule has 156 valence electrons. The van der Waals surface area contributed by atoms with Crippen molar-refractivity contribution in [3.8, 4) is 5.75 Å². The molecule has 0 bridgehead atoms. The number of amides is 2. The molecule has 1 N–H and O–H groups in total. The van der Waals surface area contributed by atoms with Crippen LogP contribution in [0, 0.1) is 13.8 Å². The average molecular weight is 397 g/mol. The Labute approximate surface area is 174 Å². The number of carbonyl (C=O) groups is 2. The van der Waals surface area contributed by atoms with E-state index in [1.807, 2.05) is 72.7 Å². The Bertz CT molecular complexity index is 877. The largest absolute Gasteiger partial charge is 0.494 e. The third-order valence-corrected chi connectivity index (χ3v) is 4.59. The lowest BCUT2D eigenvalue weighted by molar-refractivity contribution is 0.0358. The number of aryl methyl sites for hydroxylation is 2. The number of hydrogen-bond acceptors (Lipinski definition) is 3. The van der Waals surface area contributed by atoms with Gasteiger partial charge in [-0.2, -0.15) is 0 Å². The average Bonchev–Trinajstić information content (AvgIpc) is 2.63. The molecule has 2 aromatic rings. The predicted octanol–water partition coefficient (Wildman–Crippen LogP) is 4.85. The Morgan fingerprint density at radius 3 is 2.17 bits per heavy atom. The van der Waals surface area contributed by atoms with Gasteiger partial charge in [-0.15, -0.1) is 0 Å². The Hall–Kier alpha value is -2.82. The van der Waals surface area contributed by atoms with E-state index in [9.17, 15) is 9.59 Å². The van der Waals surface area contributed by atoms with Crippen LogP contribution in [-0.2, 0) is 6.42 Å². The molecule has 0 aromatic heterocycles. The topological polar surface area (TPSA) is 58.6 Å². The van der Waals surface area contributed by atoms with Crippen molar-refractivity contribution in [3.05, 3.63) is 64.2 Å². The summed E-state index contributed by atoms with van der Waals surface area (Å²) in [5.41, 5.74) is 6.15. The van der Waals surface area contributed by atoms with Gasteiger partial charge in [-0.25, -0.2) is 5.01 Å². The first kappa shape index (κ1) is 22.5. The molecule has 0 saturated carbocycles. The van der Waals surface area contributed by atoms with E-state index in [-0.39, 0.29) is 11.8 Å². The van der Waals surface area contributed by atoms with Crippen molar-refractivity contribution in [1.82, 2.24) is 10.4 Å². The van der Waals surface area contributed by atoms with Crippen LogP contribution in [0.2, 0.25) is 0 Å². The normalized spacial score (nSPS) is 11.1. The van der Waals surface area contributed by atoms with Crippen LogP contribution in [0.3, 0.4) is 0 Å². The molecule has 0 fully saturated rings. The summed E-state index contributed by atoms with van der Waals surface area (Å²) in [4.78, 5) is 26.4. The second-order valence-electron chi connectivity index (χ2n) is 8.20. The van der Waals surface area contributed by atoms with E-state index in [1.54, 1.807) is 12.1 Å². The maximum Gasteiger partial charge on any atom is 0.272 e. The van der Waals surface area contributed by atoms with Crippen molar-refractivity contribution < 1.29 is 14.3 Å². The number of rotatable bonds is 5. The molecule has 0 aliphatic heterocycles. The Balaban J connectivity index is 2.40. The summed E-state index contributed by atoms with van der Waals surface area (Å²) in [5, 5.41) is 1.41. The number of hydrogen-bond donors (Lipinski definition) is 1. The highest BCUT2D eigenvalue weighted by molar-refractivity contribution is 6.00. The fraction of sp³-hybridized carbons (Fsp3) is 0.417. The van der Waals surface area contributed by atoms with E-state index >= 15 is 0 Å². The van der Waals surface area contributed by atoms with Gasteiger partial charge in [0, 0.05) is 16.7 Å². The maximum absolute atomic E-state index is 13.3. The van der Waals surface area contributed by atoms with Crippen LogP contribution in [-0.4, -0.2) is 29.0 Å². The van der Waals surface area contributed by atoms with E-state index in [0.29, 0.717) is 29.9 Å². The summed E-state index contributed by atoms with van der Waals surface area (Å²) in [6.07, 6.45) is 0.652. The van der Waals surface area contributed by atoms with E-state index in [4.69, 9.17) is 4.74 Å². The van der Waals surface area contributed by atoms with Gasteiger partial charge in [-0.05, 0) is 72.2 Å². The van der Waals surface area contributed by atoms with Crippen LogP contribution >= 0.6 is 0 Å².